The maximum atomic E-state index is 12.3. The SMILES string of the molecule is Cc1nn(CC(=O)N2CCN(C(C)C)CC2)c(C)c1N. The fourth-order valence-electron chi connectivity index (χ4n) is 2.58. The summed E-state index contributed by atoms with van der Waals surface area (Å²) < 4.78 is 1.71. The predicted octanol–water partition coefficient (Wildman–Crippen LogP) is 0.635. The Morgan fingerprint density at radius 3 is 2.30 bits per heavy atom. The summed E-state index contributed by atoms with van der Waals surface area (Å²) in [5.74, 6) is 0.124. The van der Waals surface area contributed by atoms with Gasteiger partial charge in [0.25, 0.3) is 0 Å². The van der Waals surface area contributed by atoms with Crippen LogP contribution in [0.15, 0.2) is 0 Å². The van der Waals surface area contributed by atoms with Crippen LogP contribution in [0.2, 0.25) is 0 Å². The molecule has 0 radical (unpaired) electrons. The number of nitrogens with two attached hydrogens (primary N) is 1. The average Bonchev–Trinajstić information content (AvgIpc) is 2.66. The highest BCUT2D eigenvalue weighted by molar-refractivity contribution is 5.76. The molecule has 1 fully saturated rings. The summed E-state index contributed by atoms with van der Waals surface area (Å²) in [7, 11) is 0. The maximum absolute atomic E-state index is 12.3. The number of nitrogens with zero attached hydrogens (tertiary/aromatic N) is 4. The number of hydrogen-bond acceptors (Lipinski definition) is 4. The minimum absolute atomic E-state index is 0.124. The van der Waals surface area contributed by atoms with Crippen LogP contribution in [0.4, 0.5) is 5.69 Å². The fourth-order valence-corrected chi connectivity index (χ4v) is 2.58. The van der Waals surface area contributed by atoms with E-state index in [2.05, 4.69) is 23.8 Å². The Morgan fingerprint density at radius 2 is 1.85 bits per heavy atom. The highest BCUT2D eigenvalue weighted by Crippen LogP contribution is 2.15. The lowest BCUT2D eigenvalue weighted by molar-refractivity contribution is -0.134. The summed E-state index contributed by atoms with van der Waals surface area (Å²) in [4.78, 5) is 16.6. The second-order valence-corrected chi connectivity index (χ2v) is 5.75. The molecule has 2 rings (SSSR count). The largest absolute Gasteiger partial charge is 0.396 e. The molecule has 1 aliphatic rings. The zero-order chi connectivity index (χ0) is 14.9. The summed E-state index contributed by atoms with van der Waals surface area (Å²) in [6.45, 7) is 11.9. The van der Waals surface area contributed by atoms with Crippen LogP contribution in [0.25, 0.3) is 0 Å². The molecule has 1 aliphatic heterocycles. The molecule has 0 atom stereocenters. The van der Waals surface area contributed by atoms with Crippen molar-refractivity contribution in [1.82, 2.24) is 19.6 Å². The van der Waals surface area contributed by atoms with Gasteiger partial charge in [0.15, 0.2) is 0 Å². The Balaban J connectivity index is 1.94. The third kappa shape index (κ3) is 2.95. The van der Waals surface area contributed by atoms with Crippen LogP contribution in [0.1, 0.15) is 25.2 Å². The second kappa shape index (κ2) is 5.83. The Labute approximate surface area is 120 Å². The Bertz CT molecular complexity index is 486. The van der Waals surface area contributed by atoms with Crippen molar-refractivity contribution in [2.45, 2.75) is 40.3 Å². The highest BCUT2D eigenvalue weighted by atomic mass is 16.2. The Morgan fingerprint density at radius 1 is 1.25 bits per heavy atom. The molecule has 0 aliphatic carbocycles. The number of aromatic nitrogens is 2. The number of rotatable bonds is 3. The van der Waals surface area contributed by atoms with Crippen molar-refractivity contribution in [2.24, 2.45) is 0 Å². The molecule has 6 nitrogen and oxygen atoms in total. The van der Waals surface area contributed by atoms with Crippen LogP contribution in [-0.4, -0.2) is 57.7 Å². The van der Waals surface area contributed by atoms with Crippen LogP contribution in [0.5, 0.6) is 0 Å². The van der Waals surface area contributed by atoms with Gasteiger partial charge < -0.3 is 10.6 Å². The first-order chi connectivity index (χ1) is 9.40. The molecule has 0 aromatic carbocycles. The lowest BCUT2D eigenvalue weighted by atomic mass is 10.2. The van der Waals surface area contributed by atoms with Gasteiger partial charge in [-0.3, -0.25) is 14.4 Å². The number of carbonyl (C=O) groups excluding carboxylic acids is 1. The van der Waals surface area contributed by atoms with E-state index in [0.717, 1.165) is 37.6 Å². The zero-order valence-electron chi connectivity index (χ0n) is 12.9. The Hall–Kier alpha value is -1.56. The number of nitrogen functional groups attached to an aromatic ring is 1. The number of aryl methyl sites for hydroxylation is 1. The maximum Gasteiger partial charge on any atom is 0.244 e. The first-order valence-corrected chi connectivity index (χ1v) is 7.21. The Kier molecular flexibility index (Phi) is 4.32. The van der Waals surface area contributed by atoms with E-state index in [1.165, 1.54) is 0 Å². The van der Waals surface area contributed by atoms with Gasteiger partial charge in [0.2, 0.25) is 5.91 Å². The van der Waals surface area contributed by atoms with Gasteiger partial charge in [0.05, 0.1) is 17.1 Å². The standard InChI is InChI=1S/C14H25N5O/c1-10(2)17-5-7-18(8-6-17)13(20)9-19-12(4)14(15)11(3)16-19/h10H,5-9,15H2,1-4H3. The number of anilines is 1. The van der Waals surface area contributed by atoms with Crippen LogP contribution in [0.3, 0.4) is 0 Å². The van der Waals surface area contributed by atoms with Crippen molar-refractivity contribution in [1.29, 1.82) is 0 Å². The van der Waals surface area contributed by atoms with Crippen molar-refractivity contribution in [3.8, 4) is 0 Å². The van der Waals surface area contributed by atoms with Crippen molar-refractivity contribution >= 4 is 11.6 Å². The quantitative estimate of drug-likeness (QED) is 0.881. The van der Waals surface area contributed by atoms with E-state index in [0.29, 0.717) is 11.7 Å². The first-order valence-electron chi connectivity index (χ1n) is 7.21. The van der Waals surface area contributed by atoms with Gasteiger partial charge in [-0.05, 0) is 27.7 Å². The normalized spacial score (nSPS) is 16.9. The third-order valence-corrected chi connectivity index (χ3v) is 4.12. The van der Waals surface area contributed by atoms with E-state index in [1.807, 2.05) is 18.7 Å². The molecule has 6 heteroatoms. The first kappa shape index (κ1) is 14.8. The molecule has 2 heterocycles. The molecular weight excluding hydrogens is 254 g/mol. The molecule has 1 aromatic rings. The van der Waals surface area contributed by atoms with E-state index in [-0.39, 0.29) is 12.5 Å². The zero-order valence-corrected chi connectivity index (χ0v) is 12.9. The molecule has 1 aromatic heterocycles. The van der Waals surface area contributed by atoms with Gasteiger partial charge in [0, 0.05) is 32.2 Å². The van der Waals surface area contributed by atoms with Crippen LogP contribution in [0, 0.1) is 13.8 Å². The van der Waals surface area contributed by atoms with Gasteiger partial charge in [-0.1, -0.05) is 0 Å². The molecule has 1 amide bonds. The van der Waals surface area contributed by atoms with Crippen molar-refractivity contribution in [2.75, 3.05) is 31.9 Å². The molecular formula is C14H25N5O. The van der Waals surface area contributed by atoms with Crippen molar-refractivity contribution < 1.29 is 4.79 Å². The molecule has 0 bridgehead atoms. The van der Waals surface area contributed by atoms with E-state index in [4.69, 9.17) is 5.73 Å². The summed E-state index contributed by atoms with van der Waals surface area (Å²) >= 11 is 0. The number of piperazine rings is 1. The average molecular weight is 279 g/mol. The summed E-state index contributed by atoms with van der Waals surface area (Å²) in [5.41, 5.74) is 8.24. The molecule has 1 saturated heterocycles. The molecule has 0 spiro atoms. The molecule has 0 unspecified atom stereocenters. The fraction of sp³-hybridized carbons (Fsp3) is 0.714. The smallest absolute Gasteiger partial charge is 0.244 e. The lowest BCUT2D eigenvalue weighted by Crippen LogP contribution is -2.51. The number of carbonyl (C=O) groups is 1. The number of amides is 1. The van der Waals surface area contributed by atoms with E-state index >= 15 is 0 Å². The predicted molar refractivity (Wildman–Crippen MR) is 79.4 cm³/mol. The molecule has 20 heavy (non-hydrogen) atoms. The lowest BCUT2D eigenvalue weighted by Gasteiger charge is -2.36. The van der Waals surface area contributed by atoms with Gasteiger partial charge in [-0.2, -0.15) is 5.10 Å². The summed E-state index contributed by atoms with van der Waals surface area (Å²) in [5, 5.41) is 4.32. The topological polar surface area (TPSA) is 67.4 Å². The number of hydrogen-bond donors (Lipinski definition) is 1. The molecule has 112 valence electrons. The summed E-state index contributed by atoms with van der Waals surface area (Å²) in [6, 6.07) is 0.544. The van der Waals surface area contributed by atoms with E-state index < -0.39 is 0 Å². The molecule has 0 saturated carbocycles. The second-order valence-electron chi connectivity index (χ2n) is 5.75. The minimum atomic E-state index is 0.124. The van der Waals surface area contributed by atoms with Crippen molar-refractivity contribution in [3.05, 3.63) is 11.4 Å². The highest BCUT2D eigenvalue weighted by Gasteiger charge is 2.23. The van der Waals surface area contributed by atoms with Gasteiger partial charge in [-0.25, -0.2) is 0 Å². The van der Waals surface area contributed by atoms with Gasteiger partial charge in [-0.15, -0.1) is 0 Å². The van der Waals surface area contributed by atoms with Crippen LogP contribution in [-0.2, 0) is 11.3 Å². The van der Waals surface area contributed by atoms with Crippen molar-refractivity contribution in [3.63, 3.8) is 0 Å². The van der Waals surface area contributed by atoms with Crippen LogP contribution < -0.4 is 5.73 Å². The monoisotopic (exact) mass is 279 g/mol. The van der Waals surface area contributed by atoms with Gasteiger partial charge in [0.1, 0.15) is 6.54 Å². The van der Waals surface area contributed by atoms with E-state index in [1.54, 1.807) is 4.68 Å². The van der Waals surface area contributed by atoms with E-state index in [9.17, 15) is 4.79 Å². The third-order valence-electron chi connectivity index (χ3n) is 4.12. The van der Waals surface area contributed by atoms with Crippen LogP contribution >= 0.6 is 0 Å². The van der Waals surface area contributed by atoms with Gasteiger partial charge >= 0.3 is 0 Å². The summed E-state index contributed by atoms with van der Waals surface area (Å²) in [6.07, 6.45) is 0. The molecule has 2 N–H and O–H groups in total. The minimum Gasteiger partial charge on any atom is -0.396 e.